The SMILES string of the molecule is CCCC(C)(CN)CNC. The average molecular weight is 144 g/mol. The summed E-state index contributed by atoms with van der Waals surface area (Å²) < 4.78 is 0. The second-order valence-corrected chi connectivity index (χ2v) is 3.30. The molecule has 0 heterocycles. The lowest BCUT2D eigenvalue weighted by molar-refractivity contribution is 0.296. The van der Waals surface area contributed by atoms with Gasteiger partial charge in [0.25, 0.3) is 0 Å². The van der Waals surface area contributed by atoms with Gasteiger partial charge in [0.1, 0.15) is 0 Å². The van der Waals surface area contributed by atoms with Gasteiger partial charge >= 0.3 is 0 Å². The lowest BCUT2D eigenvalue weighted by Gasteiger charge is -2.26. The summed E-state index contributed by atoms with van der Waals surface area (Å²) in [4.78, 5) is 0. The van der Waals surface area contributed by atoms with Crippen molar-refractivity contribution in [2.24, 2.45) is 11.1 Å². The number of hydrogen-bond donors (Lipinski definition) is 2. The predicted molar refractivity (Wildman–Crippen MR) is 46.0 cm³/mol. The highest BCUT2D eigenvalue weighted by Gasteiger charge is 2.19. The van der Waals surface area contributed by atoms with Crippen LogP contribution in [0.15, 0.2) is 0 Å². The quantitative estimate of drug-likeness (QED) is 0.603. The zero-order valence-electron chi connectivity index (χ0n) is 7.41. The molecule has 1 unspecified atom stereocenters. The van der Waals surface area contributed by atoms with E-state index in [4.69, 9.17) is 5.73 Å². The molecule has 0 radical (unpaired) electrons. The maximum absolute atomic E-state index is 5.64. The summed E-state index contributed by atoms with van der Waals surface area (Å²) >= 11 is 0. The monoisotopic (exact) mass is 144 g/mol. The first-order valence-electron chi connectivity index (χ1n) is 4.03. The van der Waals surface area contributed by atoms with E-state index in [9.17, 15) is 0 Å². The number of rotatable bonds is 5. The van der Waals surface area contributed by atoms with Crippen molar-refractivity contribution >= 4 is 0 Å². The summed E-state index contributed by atoms with van der Waals surface area (Å²) in [5.41, 5.74) is 5.95. The Bertz CT molecular complexity index is 75.3. The first kappa shape index (κ1) is 9.92. The molecule has 10 heavy (non-hydrogen) atoms. The number of hydrogen-bond acceptors (Lipinski definition) is 2. The van der Waals surface area contributed by atoms with Crippen LogP contribution in [0.2, 0.25) is 0 Å². The van der Waals surface area contributed by atoms with Gasteiger partial charge in [-0.25, -0.2) is 0 Å². The fourth-order valence-electron chi connectivity index (χ4n) is 1.29. The van der Waals surface area contributed by atoms with Crippen molar-refractivity contribution in [2.75, 3.05) is 20.1 Å². The fraction of sp³-hybridized carbons (Fsp3) is 1.00. The lowest BCUT2D eigenvalue weighted by atomic mass is 9.86. The molecule has 0 saturated carbocycles. The van der Waals surface area contributed by atoms with E-state index >= 15 is 0 Å². The number of nitrogens with two attached hydrogens (primary N) is 1. The van der Waals surface area contributed by atoms with Crippen molar-refractivity contribution in [1.82, 2.24) is 5.32 Å². The molecule has 2 nitrogen and oxygen atoms in total. The molecule has 0 aromatic heterocycles. The highest BCUT2D eigenvalue weighted by atomic mass is 14.8. The molecule has 0 aliphatic heterocycles. The predicted octanol–water partition coefficient (Wildman–Crippen LogP) is 0.971. The molecule has 0 aromatic carbocycles. The van der Waals surface area contributed by atoms with Crippen LogP contribution in [0.1, 0.15) is 26.7 Å². The Morgan fingerprint density at radius 2 is 2.10 bits per heavy atom. The second-order valence-electron chi connectivity index (χ2n) is 3.30. The third kappa shape index (κ3) is 3.18. The molecular weight excluding hydrogens is 124 g/mol. The summed E-state index contributed by atoms with van der Waals surface area (Å²) in [6, 6.07) is 0. The topological polar surface area (TPSA) is 38.0 Å². The molecule has 2 heteroatoms. The molecule has 0 spiro atoms. The molecule has 1 atom stereocenters. The Balaban J connectivity index is 3.69. The van der Waals surface area contributed by atoms with Gasteiger partial charge in [0.15, 0.2) is 0 Å². The maximum Gasteiger partial charge on any atom is 0.00142 e. The fourth-order valence-corrected chi connectivity index (χ4v) is 1.29. The average Bonchev–Trinajstić information content (AvgIpc) is 1.89. The van der Waals surface area contributed by atoms with Crippen LogP contribution in [-0.2, 0) is 0 Å². The Kier molecular flexibility index (Phi) is 4.65. The summed E-state index contributed by atoms with van der Waals surface area (Å²) in [5, 5.41) is 3.16. The second kappa shape index (κ2) is 4.69. The van der Waals surface area contributed by atoms with Gasteiger partial charge in [0, 0.05) is 6.54 Å². The molecule has 0 fully saturated rings. The van der Waals surface area contributed by atoms with Crippen LogP contribution in [0.25, 0.3) is 0 Å². The van der Waals surface area contributed by atoms with Crippen molar-refractivity contribution in [1.29, 1.82) is 0 Å². The van der Waals surface area contributed by atoms with Crippen LogP contribution in [0, 0.1) is 5.41 Å². The van der Waals surface area contributed by atoms with Crippen LogP contribution in [0.3, 0.4) is 0 Å². The van der Waals surface area contributed by atoms with E-state index in [1.807, 2.05) is 7.05 Å². The zero-order chi connectivity index (χ0) is 8.04. The summed E-state index contributed by atoms with van der Waals surface area (Å²) in [7, 11) is 1.98. The molecule has 0 aliphatic rings. The van der Waals surface area contributed by atoms with Crippen LogP contribution in [0.5, 0.6) is 0 Å². The van der Waals surface area contributed by atoms with Gasteiger partial charge in [0.2, 0.25) is 0 Å². The smallest absolute Gasteiger partial charge is 0.00142 e. The minimum Gasteiger partial charge on any atom is -0.330 e. The highest BCUT2D eigenvalue weighted by molar-refractivity contribution is 4.76. The summed E-state index contributed by atoms with van der Waals surface area (Å²) in [6.07, 6.45) is 2.43. The van der Waals surface area contributed by atoms with Crippen molar-refractivity contribution in [3.8, 4) is 0 Å². The molecule has 0 aromatic rings. The molecule has 0 bridgehead atoms. The first-order valence-corrected chi connectivity index (χ1v) is 4.03. The minimum atomic E-state index is 0.309. The Labute approximate surface area is 64.2 Å². The normalized spacial score (nSPS) is 16.8. The third-order valence-corrected chi connectivity index (χ3v) is 1.95. The van der Waals surface area contributed by atoms with Gasteiger partial charge < -0.3 is 11.1 Å². The summed E-state index contributed by atoms with van der Waals surface area (Å²) in [6.45, 7) is 6.23. The molecule has 0 rings (SSSR count). The largest absolute Gasteiger partial charge is 0.330 e. The van der Waals surface area contributed by atoms with Gasteiger partial charge in [-0.15, -0.1) is 0 Å². The van der Waals surface area contributed by atoms with Gasteiger partial charge in [-0.3, -0.25) is 0 Å². The van der Waals surface area contributed by atoms with Crippen molar-refractivity contribution < 1.29 is 0 Å². The molecule has 0 amide bonds. The minimum absolute atomic E-state index is 0.309. The Morgan fingerprint density at radius 1 is 1.50 bits per heavy atom. The maximum atomic E-state index is 5.64. The summed E-state index contributed by atoms with van der Waals surface area (Å²) in [5.74, 6) is 0. The van der Waals surface area contributed by atoms with E-state index in [-0.39, 0.29) is 0 Å². The molecule has 0 aliphatic carbocycles. The van der Waals surface area contributed by atoms with E-state index in [0.717, 1.165) is 13.1 Å². The molecule has 3 N–H and O–H groups in total. The van der Waals surface area contributed by atoms with Gasteiger partial charge in [-0.1, -0.05) is 20.3 Å². The van der Waals surface area contributed by atoms with Crippen molar-refractivity contribution in [2.45, 2.75) is 26.7 Å². The van der Waals surface area contributed by atoms with Gasteiger partial charge in [0.05, 0.1) is 0 Å². The van der Waals surface area contributed by atoms with Crippen molar-refractivity contribution in [3.05, 3.63) is 0 Å². The third-order valence-electron chi connectivity index (χ3n) is 1.95. The van der Waals surface area contributed by atoms with Crippen molar-refractivity contribution in [3.63, 3.8) is 0 Å². The van der Waals surface area contributed by atoms with Crippen LogP contribution < -0.4 is 11.1 Å². The van der Waals surface area contributed by atoms with Gasteiger partial charge in [-0.2, -0.15) is 0 Å². The van der Waals surface area contributed by atoms with Crippen LogP contribution in [0.4, 0.5) is 0 Å². The van der Waals surface area contributed by atoms with E-state index in [2.05, 4.69) is 19.2 Å². The lowest BCUT2D eigenvalue weighted by Crippen LogP contribution is -2.36. The van der Waals surface area contributed by atoms with E-state index in [1.54, 1.807) is 0 Å². The number of nitrogens with one attached hydrogen (secondary N) is 1. The standard InChI is InChI=1S/C8H20N2/c1-4-5-8(2,6-9)7-10-3/h10H,4-7,9H2,1-3H3. The van der Waals surface area contributed by atoms with Crippen LogP contribution >= 0.6 is 0 Å². The molecule has 0 saturated heterocycles. The van der Waals surface area contributed by atoms with Gasteiger partial charge in [-0.05, 0) is 25.4 Å². The highest BCUT2D eigenvalue weighted by Crippen LogP contribution is 2.19. The molecular formula is C8H20N2. The first-order chi connectivity index (χ1) is 4.68. The van der Waals surface area contributed by atoms with Crippen LogP contribution in [-0.4, -0.2) is 20.1 Å². The zero-order valence-corrected chi connectivity index (χ0v) is 7.41. The Morgan fingerprint density at radius 3 is 2.40 bits per heavy atom. The Hall–Kier alpha value is -0.0800. The van der Waals surface area contributed by atoms with E-state index in [0.29, 0.717) is 5.41 Å². The van der Waals surface area contributed by atoms with E-state index in [1.165, 1.54) is 12.8 Å². The van der Waals surface area contributed by atoms with E-state index < -0.39 is 0 Å². The molecule has 62 valence electrons.